The second-order valence-corrected chi connectivity index (χ2v) is 6.18. The van der Waals surface area contributed by atoms with Crippen molar-refractivity contribution in [3.8, 4) is 0 Å². The molecule has 1 fully saturated rings. The van der Waals surface area contributed by atoms with Crippen LogP contribution in [0.5, 0.6) is 0 Å². The molecule has 1 heterocycles. The zero-order valence-corrected chi connectivity index (χ0v) is 13.1. The Balaban J connectivity index is 2.17. The van der Waals surface area contributed by atoms with E-state index in [0.717, 1.165) is 48.1 Å². The third-order valence-corrected chi connectivity index (χ3v) is 4.78. The van der Waals surface area contributed by atoms with Crippen molar-refractivity contribution in [1.82, 2.24) is 5.32 Å². The molecule has 1 saturated heterocycles. The summed E-state index contributed by atoms with van der Waals surface area (Å²) in [5, 5.41) is 6.42. The average Bonchev–Trinajstić information content (AvgIpc) is 2.43. The fraction of sp³-hybridized carbons (Fsp3) is 0.533. The molecule has 0 unspecified atom stereocenters. The van der Waals surface area contributed by atoms with E-state index in [1.807, 2.05) is 25.1 Å². The van der Waals surface area contributed by atoms with E-state index in [-0.39, 0.29) is 11.3 Å². The Morgan fingerprint density at radius 3 is 2.74 bits per heavy atom. The third kappa shape index (κ3) is 3.18. The van der Waals surface area contributed by atoms with Crippen LogP contribution in [0, 0.1) is 12.3 Å². The Hall–Kier alpha value is -0.870. The third-order valence-electron chi connectivity index (χ3n) is 4.09. The zero-order valence-electron chi connectivity index (χ0n) is 11.6. The molecule has 0 aromatic heterocycles. The number of carbonyl (C=O) groups is 1. The molecule has 1 aliphatic heterocycles. The van der Waals surface area contributed by atoms with Crippen molar-refractivity contribution in [2.45, 2.75) is 33.1 Å². The number of hydrogen-bond acceptors (Lipinski definition) is 2. The summed E-state index contributed by atoms with van der Waals surface area (Å²) in [5.41, 5.74) is 1.81. The molecule has 0 saturated carbocycles. The largest absolute Gasteiger partial charge is 0.325 e. The number of benzene rings is 1. The SMILES string of the molecule is CCC1(C(=O)Nc2cc(C)ccc2Br)CCNCC1. The predicted octanol–water partition coefficient (Wildman–Crippen LogP) is 3.48. The number of piperidine rings is 1. The molecule has 1 amide bonds. The van der Waals surface area contributed by atoms with Gasteiger partial charge in [0.1, 0.15) is 0 Å². The molecule has 19 heavy (non-hydrogen) atoms. The molecule has 1 aromatic carbocycles. The highest BCUT2D eigenvalue weighted by Gasteiger charge is 2.37. The van der Waals surface area contributed by atoms with Crippen LogP contribution in [0.2, 0.25) is 0 Å². The van der Waals surface area contributed by atoms with Gasteiger partial charge in [0.15, 0.2) is 0 Å². The zero-order chi connectivity index (χ0) is 13.9. The quantitative estimate of drug-likeness (QED) is 0.893. The molecule has 2 rings (SSSR count). The molecule has 4 heteroatoms. The Morgan fingerprint density at radius 1 is 1.42 bits per heavy atom. The van der Waals surface area contributed by atoms with Crippen molar-refractivity contribution in [2.75, 3.05) is 18.4 Å². The maximum Gasteiger partial charge on any atom is 0.230 e. The van der Waals surface area contributed by atoms with Crippen LogP contribution in [0.3, 0.4) is 0 Å². The van der Waals surface area contributed by atoms with Crippen LogP contribution >= 0.6 is 15.9 Å². The lowest BCUT2D eigenvalue weighted by atomic mass is 9.76. The van der Waals surface area contributed by atoms with Crippen LogP contribution in [-0.4, -0.2) is 19.0 Å². The van der Waals surface area contributed by atoms with Crippen molar-refractivity contribution in [1.29, 1.82) is 0 Å². The summed E-state index contributed by atoms with van der Waals surface area (Å²) >= 11 is 3.50. The van der Waals surface area contributed by atoms with Crippen molar-refractivity contribution in [3.63, 3.8) is 0 Å². The summed E-state index contributed by atoms with van der Waals surface area (Å²) in [4.78, 5) is 12.6. The maximum atomic E-state index is 12.6. The van der Waals surface area contributed by atoms with Gasteiger partial charge in [-0.05, 0) is 72.9 Å². The first kappa shape index (κ1) is 14.5. The average molecular weight is 325 g/mol. The van der Waals surface area contributed by atoms with Gasteiger partial charge >= 0.3 is 0 Å². The lowest BCUT2D eigenvalue weighted by molar-refractivity contribution is -0.127. The number of halogens is 1. The number of aryl methyl sites for hydroxylation is 1. The summed E-state index contributed by atoms with van der Waals surface area (Å²) in [7, 11) is 0. The second kappa shape index (κ2) is 6.06. The monoisotopic (exact) mass is 324 g/mol. The first-order chi connectivity index (χ1) is 9.07. The van der Waals surface area contributed by atoms with Gasteiger partial charge in [-0.1, -0.05) is 13.0 Å². The lowest BCUT2D eigenvalue weighted by Crippen LogP contribution is -2.44. The van der Waals surface area contributed by atoms with Gasteiger partial charge in [0.25, 0.3) is 0 Å². The maximum absolute atomic E-state index is 12.6. The summed E-state index contributed by atoms with van der Waals surface area (Å²) in [6, 6.07) is 6.01. The van der Waals surface area contributed by atoms with Gasteiger partial charge in [-0.3, -0.25) is 4.79 Å². The molecule has 1 aliphatic rings. The molecular weight excluding hydrogens is 304 g/mol. The topological polar surface area (TPSA) is 41.1 Å². The number of carbonyl (C=O) groups excluding carboxylic acids is 1. The number of hydrogen-bond donors (Lipinski definition) is 2. The van der Waals surface area contributed by atoms with Crippen molar-refractivity contribution in [2.24, 2.45) is 5.41 Å². The van der Waals surface area contributed by atoms with E-state index in [9.17, 15) is 4.79 Å². The molecule has 1 aromatic rings. The summed E-state index contributed by atoms with van der Waals surface area (Å²) in [6.45, 7) is 5.99. The molecular formula is C15H21BrN2O. The minimum absolute atomic E-state index is 0.155. The van der Waals surface area contributed by atoms with Gasteiger partial charge in [0, 0.05) is 4.47 Å². The molecule has 3 nitrogen and oxygen atoms in total. The highest BCUT2D eigenvalue weighted by Crippen LogP contribution is 2.35. The van der Waals surface area contributed by atoms with Gasteiger partial charge in [-0.2, -0.15) is 0 Å². The van der Waals surface area contributed by atoms with Gasteiger partial charge in [-0.15, -0.1) is 0 Å². The molecule has 0 atom stereocenters. The lowest BCUT2D eigenvalue weighted by Gasteiger charge is -2.35. The minimum atomic E-state index is -0.214. The minimum Gasteiger partial charge on any atom is -0.325 e. The number of amides is 1. The molecule has 0 spiro atoms. The van der Waals surface area contributed by atoms with Crippen LogP contribution in [0.1, 0.15) is 31.7 Å². The fourth-order valence-electron chi connectivity index (χ4n) is 2.64. The smallest absolute Gasteiger partial charge is 0.230 e. The summed E-state index contributed by atoms with van der Waals surface area (Å²) < 4.78 is 0.937. The van der Waals surface area contributed by atoms with Crippen LogP contribution in [0.25, 0.3) is 0 Å². The van der Waals surface area contributed by atoms with Crippen molar-refractivity contribution < 1.29 is 4.79 Å². The highest BCUT2D eigenvalue weighted by molar-refractivity contribution is 9.10. The van der Waals surface area contributed by atoms with Crippen molar-refractivity contribution >= 4 is 27.5 Å². The molecule has 0 aliphatic carbocycles. The number of nitrogens with one attached hydrogen (secondary N) is 2. The standard InChI is InChI=1S/C15H21BrN2O/c1-3-15(6-8-17-9-7-15)14(19)18-13-10-11(2)4-5-12(13)16/h4-5,10,17H,3,6-9H2,1-2H3,(H,18,19). The molecule has 0 bridgehead atoms. The first-order valence-corrected chi connectivity index (χ1v) is 7.65. The Morgan fingerprint density at radius 2 is 2.11 bits per heavy atom. The van der Waals surface area contributed by atoms with Crippen LogP contribution in [0.15, 0.2) is 22.7 Å². The van der Waals surface area contributed by atoms with Crippen LogP contribution in [0.4, 0.5) is 5.69 Å². The van der Waals surface area contributed by atoms with Crippen LogP contribution < -0.4 is 10.6 Å². The van der Waals surface area contributed by atoms with E-state index in [2.05, 4.69) is 33.5 Å². The summed E-state index contributed by atoms with van der Waals surface area (Å²) in [5.74, 6) is 0.155. The Labute approximate surface area is 123 Å². The predicted molar refractivity (Wildman–Crippen MR) is 82.3 cm³/mol. The molecule has 0 radical (unpaired) electrons. The van der Waals surface area contributed by atoms with E-state index in [0.29, 0.717) is 0 Å². The van der Waals surface area contributed by atoms with Crippen molar-refractivity contribution in [3.05, 3.63) is 28.2 Å². The second-order valence-electron chi connectivity index (χ2n) is 5.32. The van der Waals surface area contributed by atoms with E-state index in [1.54, 1.807) is 0 Å². The fourth-order valence-corrected chi connectivity index (χ4v) is 2.98. The van der Waals surface area contributed by atoms with Gasteiger partial charge in [0.2, 0.25) is 5.91 Å². The van der Waals surface area contributed by atoms with E-state index < -0.39 is 0 Å². The normalized spacial score (nSPS) is 18.1. The highest BCUT2D eigenvalue weighted by atomic mass is 79.9. The van der Waals surface area contributed by atoms with Gasteiger partial charge in [-0.25, -0.2) is 0 Å². The molecule has 104 valence electrons. The Bertz CT molecular complexity index is 467. The Kier molecular flexibility index (Phi) is 4.63. The van der Waals surface area contributed by atoms with Gasteiger partial charge in [0.05, 0.1) is 11.1 Å². The molecule has 2 N–H and O–H groups in total. The van der Waals surface area contributed by atoms with E-state index in [4.69, 9.17) is 0 Å². The van der Waals surface area contributed by atoms with Crippen LogP contribution in [-0.2, 0) is 4.79 Å². The first-order valence-electron chi connectivity index (χ1n) is 6.86. The van der Waals surface area contributed by atoms with E-state index in [1.165, 1.54) is 0 Å². The van der Waals surface area contributed by atoms with Gasteiger partial charge < -0.3 is 10.6 Å². The van der Waals surface area contributed by atoms with E-state index >= 15 is 0 Å². The summed E-state index contributed by atoms with van der Waals surface area (Å²) in [6.07, 6.45) is 2.72. The number of rotatable bonds is 3. The number of anilines is 1.